The van der Waals surface area contributed by atoms with Gasteiger partial charge in [0, 0.05) is 15.2 Å². The first-order chi connectivity index (χ1) is 6.77. The van der Waals surface area contributed by atoms with Gasteiger partial charge < -0.3 is 5.11 Å². The van der Waals surface area contributed by atoms with Crippen molar-refractivity contribution in [1.82, 2.24) is 0 Å². The van der Waals surface area contributed by atoms with E-state index in [1.54, 1.807) is 11.3 Å². The van der Waals surface area contributed by atoms with E-state index in [-0.39, 0.29) is 6.61 Å². The maximum Gasteiger partial charge on any atom is 0.151 e. The molecule has 1 heterocycles. The lowest BCUT2D eigenvalue weighted by atomic mass is 10.1. The SMILES string of the molecule is O=Cc1c(CO)cc2ccsc2c1S. The maximum absolute atomic E-state index is 10.8. The number of hydrogen-bond donors (Lipinski definition) is 2. The van der Waals surface area contributed by atoms with Crippen molar-refractivity contribution in [3.63, 3.8) is 0 Å². The van der Waals surface area contributed by atoms with E-state index < -0.39 is 0 Å². The van der Waals surface area contributed by atoms with Crippen LogP contribution in [0.5, 0.6) is 0 Å². The molecule has 0 atom stereocenters. The first kappa shape index (κ1) is 9.71. The van der Waals surface area contributed by atoms with Crippen molar-refractivity contribution in [2.45, 2.75) is 11.5 Å². The Kier molecular flexibility index (Phi) is 2.58. The highest BCUT2D eigenvalue weighted by molar-refractivity contribution is 7.80. The van der Waals surface area contributed by atoms with E-state index in [9.17, 15) is 4.79 Å². The number of carbonyl (C=O) groups excluding carboxylic acids is 1. The van der Waals surface area contributed by atoms with Gasteiger partial charge in [-0.2, -0.15) is 0 Å². The first-order valence-corrected chi connectivity index (χ1v) is 5.38. The average Bonchev–Trinajstić information content (AvgIpc) is 2.65. The quantitative estimate of drug-likeness (QED) is 0.607. The summed E-state index contributed by atoms with van der Waals surface area (Å²) < 4.78 is 0.993. The molecule has 2 nitrogen and oxygen atoms in total. The summed E-state index contributed by atoms with van der Waals surface area (Å²) in [4.78, 5) is 11.5. The molecule has 0 aliphatic carbocycles. The van der Waals surface area contributed by atoms with Crippen molar-refractivity contribution >= 4 is 40.3 Å². The molecule has 0 bridgehead atoms. The third-order valence-corrected chi connectivity index (χ3v) is 3.69. The van der Waals surface area contributed by atoms with Crippen LogP contribution in [0.4, 0.5) is 0 Å². The van der Waals surface area contributed by atoms with Gasteiger partial charge in [-0.3, -0.25) is 4.79 Å². The van der Waals surface area contributed by atoms with E-state index in [1.165, 1.54) is 0 Å². The monoisotopic (exact) mass is 224 g/mol. The Balaban J connectivity index is 2.85. The van der Waals surface area contributed by atoms with Crippen LogP contribution < -0.4 is 0 Å². The van der Waals surface area contributed by atoms with Crippen LogP contribution >= 0.6 is 24.0 Å². The van der Waals surface area contributed by atoms with Gasteiger partial charge in [0.05, 0.1) is 6.61 Å². The third-order valence-electron chi connectivity index (χ3n) is 2.13. The second-order valence-electron chi connectivity index (χ2n) is 2.91. The van der Waals surface area contributed by atoms with E-state index in [4.69, 9.17) is 5.11 Å². The molecular formula is C10H8O2S2. The van der Waals surface area contributed by atoms with Gasteiger partial charge >= 0.3 is 0 Å². The van der Waals surface area contributed by atoms with E-state index in [0.29, 0.717) is 16.0 Å². The number of fused-ring (bicyclic) bond motifs is 1. The largest absolute Gasteiger partial charge is 0.392 e. The number of benzene rings is 1. The van der Waals surface area contributed by atoms with Gasteiger partial charge in [-0.25, -0.2) is 0 Å². The van der Waals surface area contributed by atoms with Crippen molar-refractivity contribution in [3.8, 4) is 0 Å². The lowest BCUT2D eigenvalue weighted by molar-refractivity contribution is 0.111. The molecule has 0 amide bonds. The third kappa shape index (κ3) is 1.35. The fourth-order valence-electron chi connectivity index (χ4n) is 1.43. The van der Waals surface area contributed by atoms with Gasteiger partial charge in [-0.05, 0) is 28.5 Å². The van der Waals surface area contributed by atoms with Gasteiger partial charge in [-0.15, -0.1) is 24.0 Å². The Hall–Kier alpha value is -0.840. The fourth-order valence-corrected chi connectivity index (χ4v) is 2.75. The number of thiophene rings is 1. The van der Waals surface area contributed by atoms with Crippen molar-refractivity contribution in [1.29, 1.82) is 0 Å². The number of hydrogen-bond acceptors (Lipinski definition) is 4. The minimum atomic E-state index is -0.132. The second-order valence-corrected chi connectivity index (χ2v) is 4.28. The molecule has 1 aromatic heterocycles. The van der Waals surface area contributed by atoms with Crippen molar-refractivity contribution in [2.24, 2.45) is 0 Å². The minimum Gasteiger partial charge on any atom is -0.392 e. The van der Waals surface area contributed by atoms with Crippen LogP contribution in [-0.2, 0) is 6.61 Å². The van der Waals surface area contributed by atoms with Crippen LogP contribution in [0, 0.1) is 0 Å². The van der Waals surface area contributed by atoms with Gasteiger partial charge in [-0.1, -0.05) is 0 Å². The highest BCUT2D eigenvalue weighted by Gasteiger charge is 2.10. The normalized spacial score (nSPS) is 10.7. The summed E-state index contributed by atoms with van der Waals surface area (Å²) in [6.07, 6.45) is 0.743. The molecule has 1 N–H and O–H groups in total. The van der Waals surface area contributed by atoms with Crippen molar-refractivity contribution < 1.29 is 9.90 Å². The first-order valence-electron chi connectivity index (χ1n) is 4.06. The second kappa shape index (κ2) is 3.73. The van der Waals surface area contributed by atoms with Crippen LogP contribution in [0.2, 0.25) is 0 Å². The average molecular weight is 224 g/mol. The van der Waals surface area contributed by atoms with Gasteiger partial charge in [0.1, 0.15) is 0 Å². The summed E-state index contributed by atoms with van der Waals surface area (Å²) in [5.74, 6) is 0. The molecule has 2 aromatic rings. The highest BCUT2D eigenvalue weighted by atomic mass is 32.1. The molecule has 0 saturated carbocycles. The van der Waals surface area contributed by atoms with Gasteiger partial charge in [0.2, 0.25) is 0 Å². The fraction of sp³-hybridized carbons (Fsp3) is 0.100. The molecule has 0 spiro atoms. The van der Waals surface area contributed by atoms with E-state index >= 15 is 0 Å². The summed E-state index contributed by atoms with van der Waals surface area (Å²) in [6.45, 7) is -0.132. The maximum atomic E-state index is 10.8. The summed E-state index contributed by atoms with van der Waals surface area (Å²) in [6, 6.07) is 3.78. The number of aldehydes is 1. The van der Waals surface area contributed by atoms with E-state index in [0.717, 1.165) is 16.4 Å². The highest BCUT2D eigenvalue weighted by Crippen LogP contribution is 2.32. The molecule has 14 heavy (non-hydrogen) atoms. The van der Waals surface area contributed by atoms with Crippen molar-refractivity contribution in [2.75, 3.05) is 0 Å². The molecule has 1 aromatic carbocycles. The lowest BCUT2D eigenvalue weighted by Crippen LogP contribution is -1.93. The minimum absolute atomic E-state index is 0.132. The Bertz CT molecular complexity index is 488. The number of rotatable bonds is 2. The zero-order valence-electron chi connectivity index (χ0n) is 7.23. The number of thiol groups is 1. The summed E-state index contributed by atoms with van der Waals surface area (Å²) in [7, 11) is 0. The predicted molar refractivity (Wildman–Crippen MR) is 60.4 cm³/mol. The Morgan fingerprint density at radius 2 is 2.36 bits per heavy atom. The summed E-state index contributed by atoms with van der Waals surface area (Å²) in [5.41, 5.74) is 1.13. The predicted octanol–water partition coefficient (Wildman–Crippen LogP) is 2.49. The molecular weight excluding hydrogens is 216 g/mol. The zero-order chi connectivity index (χ0) is 10.1. The number of aliphatic hydroxyl groups excluding tert-OH is 1. The van der Waals surface area contributed by atoms with Gasteiger partial charge in [0.15, 0.2) is 6.29 Å². The molecule has 0 aliphatic heterocycles. The van der Waals surface area contributed by atoms with Crippen LogP contribution in [0.3, 0.4) is 0 Å². The molecule has 0 saturated heterocycles. The smallest absolute Gasteiger partial charge is 0.151 e. The van der Waals surface area contributed by atoms with Crippen LogP contribution in [0.1, 0.15) is 15.9 Å². The molecule has 0 radical (unpaired) electrons. The molecule has 2 rings (SSSR count). The topological polar surface area (TPSA) is 37.3 Å². The lowest BCUT2D eigenvalue weighted by Gasteiger charge is -2.05. The standard InChI is InChI=1S/C10H8O2S2/c11-4-7-3-6-1-2-14-10(6)9(13)8(7)5-12/h1-3,5,11,13H,4H2. The Labute approximate surface area is 90.6 Å². The van der Waals surface area contributed by atoms with Crippen LogP contribution in [0.15, 0.2) is 22.4 Å². The molecule has 0 fully saturated rings. The van der Waals surface area contributed by atoms with E-state index in [2.05, 4.69) is 12.6 Å². The summed E-state index contributed by atoms with van der Waals surface area (Å²) >= 11 is 5.85. The molecule has 0 unspecified atom stereocenters. The van der Waals surface area contributed by atoms with Crippen molar-refractivity contribution in [3.05, 3.63) is 28.6 Å². The van der Waals surface area contributed by atoms with Gasteiger partial charge in [0.25, 0.3) is 0 Å². The number of carbonyl (C=O) groups is 1. The zero-order valence-corrected chi connectivity index (χ0v) is 8.94. The van der Waals surface area contributed by atoms with E-state index in [1.807, 2.05) is 17.5 Å². The Morgan fingerprint density at radius 3 is 3.00 bits per heavy atom. The molecule has 4 heteroatoms. The van der Waals surface area contributed by atoms with Crippen LogP contribution in [0.25, 0.3) is 10.1 Å². The molecule has 0 aliphatic rings. The Morgan fingerprint density at radius 1 is 1.57 bits per heavy atom. The number of aliphatic hydroxyl groups is 1. The summed E-state index contributed by atoms with van der Waals surface area (Å²) in [5, 5.41) is 12.0. The van der Waals surface area contributed by atoms with Crippen LogP contribution in [-0.4, -0.2) is 11.4 Å². The molecule has 72 valence electrons.